The summed E-state index contributed by atoms with van der Waals surface area (Å²) in [6.07, 6.45) is 12.4. The molecule has 0 rings (SSSR count). The quantitative estimate of drug-likeness (QED) is 0.106. The van der Waals surface area contributed by atoms with Crippen LogP contribution in [-0.4, -0.2) is 104 Å². The summed E-state index contributed by atoms with van der Waals surface area (Å²) in [6, 6.07) is 0.933. The van der Waals surface area contributed by atoms with E-state index in [0.29, 0.717) is 25.2 Å². The van der Waals surface area contributed by atoms with Crippen molar-refractivity contribution in [1.29, 1.82) is 0 Å². The van der Waals surface area contributed by atoms with E-state index in [9.17, 15) is 0 Å². The second-order valence-corrected chi connectivity index (χ2v) is 13.9. The van der Waals surface area contributed by atoms with Gasteiger partial charge in [0.2, 0.25) is 0 Å². The standard InChI is InChI=1S/C30H67N3O3Si/c1-10-23-31(7)26-16-19-30(20-17-27-32(8)24-11-2,21-18-28-33(9)25-12-3)22-29-37(34-13-4,35-14-5)36-15-6/h10-29H2,1-9H3. The smallest absolute Gasteiger partial charge is 0.374 e. The predicted molar refractivity (Wildman–Crippen MR) is 164 cm³/mol. The van der Waals surface area contributed by atoms with Crippen molar-refractivity contribution < 1.29 is 13.3 Å². The van der Waals surface area contributed by atoms with E-state index >= 15 is 0 Å². The largest absolute Gasteiger partial charge is 0.500 e. The van der Waals surface area contributed by atoms with E-state index in [2.05, 4.69) is 77.4 Å². The van der Waals surface area contributed by atoms with Gasteiger partial charge in [-0.25, -0.2) is 0 Å². The molecular formula is C30H67N3O3Si. The molecule has 0 atom stereocenters. The summed E-state index contributed by atoms with van der Waals surface area (Å²) >= 11 is 0. The molecule has 0 saturated heterocycles. The molecule has 0 amide bonds. The van der Waals surface area contributed by atoms with Crippen molar-refractivity contribution in [3.8, 4) is 0 Å². The van der Waals surface area contributed by atoms with Crippen LogP contribution in [0.15, 0.2) is 0 Å². The van der Waals surface area contributed by atoms with Crippen molar-refractivity contribution in [3.05, 3.63) is 0 Å². The van der Waals surface area contributed by atoms with Gasteiger partial charge in [-0.2, -0.15) is 0 Å². The Morgan fingerprint density at radius 3 is 1.08 bits per heavy atom. The Bertz CT molecular complexity index is 450. The number of hydrogen-bond donors (Lipinski definition) is 0. The molecule has 0 aromatic rings. The molecule has 0 aliphatic heterocycles. The highest BCUT2D eigenvalue weighted by molar-refractivity contribution is 6.60. The van der Waals surface area contributed by atoms with E-state index in [1.54, 1.807) is 0 Å². The Morgan fingerprint density at radius 2 is 0.811 bits per heavy atom. The van der Waals surface area contributed by atoms with Gasteiger partial charge < -0.3 is 28.0 Å². The molecule has 7 heteroatoms. The lowest BCUT2D eigenvalue weighted by molar-refractivity contribution is 0.0632. The fourth-order valence-corrected chi connectivity index (χ4v) is 8.66. The highest BCUT2D eigenvalue weighted by Gasteiger charge is 2.43. The van der Waals surface area contributed by atoms with E-state index in [-0.39, 0.29) is 0 Å². The molecule has 224 valence electrons. The van der Waals surface area contributed by atoms with Crippen LogP contribution in [0.1, 0.15) is 106 Å². The molecule has 0 aliphatic rings. The molecule has 0 saturated carbocycles. The molecule has 37 heavy (non-hydrogen) atoms. The lowest BCUT2D eigenvalue weighted by Gasteiger charge is -2.39. The summed E-state index contributed by atoms with van der Waals surface area (Å²) in [6.45, 7) is 22.1. The zero-order valence-electron chi connectivity index (χ0n) is 26.7. The van der Waals surface area contributed by atoms with Gasteiger partial charge in [-0.1, -0.05) is 20.8 Å². The SMILES string of the molecule is CCCN(C)CCCC(CCCN(C)CCC)(CCCN(C)CCC)CC[Si](OCC)(OCC)OCC. The summed E-state index contributed by atoms with van der Waals surface area (Å²) < 4.78 is 18.9. The first-order chi connectivity index (χ1) is 17.8. The first-order valence-electron chi connectivity index (χ1n) is 15.7. The van der Waals surface area contributed by atoms with Crippen LogP contribution in [0.25, 0.3) is 0 Å². The summed E-state index contributed by atoms with van der Waals surface area (Å²) in [7, 11) is 4.18. The third kappa shape index (κ3) is 17.3. The average Bonchev–Trinajstić information content (AvgIpc) is 2.84. The molecule has 6 nitrogen and oxygen atoms in total. The van der Waals surface area contributed by atoms with Crippen molar-refractivity contribution in [2.45, 2.75) is 112 Å². The van der Waals surface area contributed by atoms with Gasteiger partial charge in [-0.15, -0.1) is 0 Å². The summed E-state index contributed by atoms with van der Waals surface area (Å²) in [5.74, 6) is 0. The highest BCUT2D eigenvalue weighted by Crippen LogP contribution is 2.42. The molecule has 0 radical (unpaired) electrons. The van der Waals surface area contributed by atoms with Crippen molar-refractivity contribution in [1.82, 2.24) is 14.7 Å². The van der Waals surface area contributed by atoms with Crippen LogP contribution in [-0.2, 0) is 13.3 Å². The molecule has 0 N–H and O–H groups in total. The zero-order valence-corrected chi connectivity index (χ0v) is 27.7. The van der Waals surface area contributed by atoms with Gasteiger partial charge in [-0.3, -0.25) is 0 Å². The van der Waals surface area contributed by atoms with Gasteiger partial charge in [0.1, 0.15) is 0 Å². The minimum atomic E-state index is -2.66. The average molecular weight is 546 g/mol. The van der Waals surface area contributed by atoms with Crippen LogP contribution in [0.3, 0.4) is 0 Å². The van der Waals surface area contributed by atoms with Crippen molar-refractivity contribution in [2.75, 3.05) is 80.2 Å². The zero-order chi connectivity index (χ0) is 28.0. The van der Waals surface area contributed by atoms with Gasteiger partial charge in [0.25, 0.3) is 0 Å². The fourth-order valence-electron chi connectivity index (χ4n) is 5.82. The molecular weight excluding hydrogens is 478 g/mol. The third-order valence-electron chi connectivity index (χ3n) is 7.61. The minimum absolute atomic E-state index is 0.316. The van der Waals surface area contributed by atoms with Crippen molar-refractivity contribution >= 4 is 8.80 Å². The maximum absolute atomic E-state index is 6.30. The van der Waals surface area contributed by atoms with Crippen LogP contribution in [0.2, 0.25) is 6.04 Å². The highest BCUT2D eigenvalue weighted by atomic mass is 28.4. The third-order valence-corrected chi connectivity index (χ3v) is 10.7. The molecule has 0 unspecified atom stereocenters. The second-order valence-electron chi connectivity index (χ2n) is 11.2. The molecule has 0 fully saturated rings. The first-order valence-corrected chi connectivity index (χ1v) is 17.7. The van der Waals surface area contributed by atoms with Crippen LogP contribution in [0.4, 0.5) is 0 Å². The number of rotatable bonds is 27. The minimum Gasteiger partial charge on any atom is -0.374 e. The van der Waals surface area contributed by atoms with Crippen molar-refractivity contribution in [3.63, 3.8) is 0 Å². The van der Waals surface area contributed by atoms with Gasteiger partial charge in [0, 0.05) is 25.9 Å². The molecule has 0 aromatic heterocycles. The Hall–Kier alpha value is -0.0231. The summed E-state index contributed by atoms with van der Waals surface area (Å²) in [5.41, 5.74) is 0.316. The number of nitrogens with zero attached hydrogens (tertiary/aromatic N) is 3. The Morgan fingerprint density at radius 1 is 0.486 bits per heavy atom. The summed E-state index contributed by atoms with van der Waals surface area (Å²) in [5, 5.41) is 0. The maximum atomic E-state index is 6.30. The van der Waals surface area contributed by atoms with Crippen molar-refractivity contribution in [2.24, 2.45) is 5.41 Å². The maximum Gasteiger partial charge on any atom is 0.500 e. The summed E-state index contributed by atoms with van der Waals surface area (Å²) in [4.78, 5) is 7.53. The normalized spacial score (nSPS) is 13.0. The first kappa shape index (κ1) is 37.0. The monoisotopic (exact) mass is 545 g/mol. The number of hydrogen-bond acceptors (Lipinski definition) is 6. The molecule has 0 aromatic carbocycles. The molecule has 0 bridgehead atoms. The fraction of sp³-hybridized carbons (Fsp3) is 1.00. The van der Waals surface area contributed by atoms with E-state index in [1.165, 1.54) is 97.1 Å². The van der Waals surface area contributed by atoms with Gasteiger partial charge in [0.15, 0.2) is 0 Å². The predicted octanol–water partition coefficient (Wildman–Crippen LogP) is 6.78. The molecule has 0 aliphatic carbocycles. The molecule has 0 heterocycles. The van der Waals surface area contributed by atoms with Gasteiger partial charge in [0.05, 0.1) is 0 Å². The van der Waals surface area contributed by atoms with Crippen LogP contribution in [0.5, 0.6) is 0 Å². The van der Waals surface area contributed by atoms with Crippen LogP contribution >= 0.6 is 0 Å². The Kier molecular flexibility index (Phi) is 22.7. The van der Waals surface area contributed by atoms with E-state index in [0.717, 1.165) is 12.5 Å². The second kappa shape index (κ2) is 22.8. The van der Waals surface area contributed by atoms with Gasteiger partial charge >= 0.3 is 8.80 Å². The topological polar surface area (TPSA) is 37.4 Å². The van der Waals surface area contributed by atoms with E-state index < -0.39 is 8.80 Å². The van der Waals surface area contributed by atoms with Gasteiger partial charge in [-0.05, 0) is 151 Å². The van der Waals surface area contributed by atoms with E-state index in [1.807, 2.05) is 0 Å². The Balaban J connectivity index is 5.77. The van der Waals surface area contributed by atoms with E-state index in [4.69, 9.17) is 13.3 Å². The molecule has 0 spiro atoms. The lowest BCUT2D eigenvalue weighted by atomic mass is 9.73. The Labute approximate surface area is 234 Å². The lowest BCUT2D eigenvalue weighted by Crippen LogP contribution is -2.47. The van der Waals surface area contributed by atoms with Crippen LogP contribution in [0, 0.1) is 5.41 Å². The van der Waals surface area contributed by atoms with Crippen LogP contribution < -0.4 is 0 Å².